The highest BCUT2D eigenvalue weighted by Crippen LogP contribution is 2.22. The molecule has 0 unspecified atom stereocenters. The van der Waals surface area contributed by atoms with E-state index in [-0.39, 0.29) is 63.3 Å². The molecule has 72 heavy (non-hydrogen) atoms. The van der Waals surface area contributed by atoms with Crippen molar-refractivity contribution < 1.29 is 68.1 Å². The summed E-state index contributed by atoms with van der Waals surface area (Å²) in [5.74, 6) is -10.9. The van der Waals surface area contributed by atoms with Crippen molar-refractivity contribution in [3.63, 3.8) is 0 Å². The van der Waals surface area contributed by atoms with Crippen molar-refractivity contribution in [3.05, 3.63) is 29.8 Å². The molecule has 3 rings (SSSR count). The van der Waals surface area contributed by atoms with E-state index in [0.717, 1.165) is 6.42 Å². The van der Waals surface area contributed by atoms with Crippen LogP contribution in [-0.4, -0.2) is 166 Å². The summed E-state index contributed by atoms with van der Waals surface area (Å²) >= 11 is 0. The number of likely N-dealkylation sites (tertiary alicyclic amines) is 1. The zero-order valence-corrected chi connectivity index (χ0v) is 40.6. The summed E-state index contributed by atoms with van der Waals surface area (Å²) in [6.07, 6.45) is 0.587. The highest BCUT2D eigenvalue weighted by molar-refractivity contribution is 5.98. The number of carboxylic acids is 2. The Kier molecular flexibility index (Phi) is 23.6. The summed E-state index contributed by atoms with van der Waals surface area (Å²) < 4.78 is 0. The van der Waals surface area contributed by atoms with Crippen molar-refractivity contribution in [1.29, 1.82) is 0 Å². The molecular formula is C45H69N13O14. The summed E-state index contributed by atoms with van der Waals surface area (Å²) in [6, 6.07) is -4.23. The Morgan fingerprint density at radius 3 is 2.01 bits per heavy atom. The Hall–Kier alpha value is -7.58. The lowest BCUT2D eigenvalue weighted by Crippen LogP contribution is -2.59. The number of nitrogens with zero attached hydrogens (tertiary/aromatic N) is 2. The summed E-state index contributed by atoms with van der Waals surface area (Å²) in [4.78, 5) is 148. The van der Waals surface area contributed by atoms with E-state index in [2.05, 4.69) is 47.5 Å². The maximum absolute atomic E-state index is 14.2. The lowest BCUT2D eigenvalue weighted by molar-refractivity contribution is -0.143. The Bertz CT molecular complexity index is 2150. The molecule has 2 fully saturated rings. The first-order valence-electron chi connectivity index (χ1n) is 23.7. The summed E-state index contributed by atoms with van der Waals surface area (Å²) in [7, 11) is 0. The molecule has 0 bridgehead atoms. The molecular weight excluding hydrogens is 947 g/mol. The van der Waals surface area contributed by atoms with Gasteiger partial charge in [-0.2, -0.15) is 0 Å². The lowest BCUT2D eigenvalue weighted by Gasteiger charge is -2.32. The molecule has 9 amide bonds. The molecule has 0 saturated carbocycles. The molecule has 1 aromatic rings. The van der Waals surface area contributed by atoms with Crippen molar-refractivity contribution in [2.75, 3.05) is 26.2 Å². The molecule has 398 valence electrons. The van der Waals surface area contributed by atoms with Crippen molar-refractivity contribution >= 4 is 71.1 Å². The van der Waals surface area contributed by atoms with Gasteiger partial charge in [-0.1, -0.05) is 32.4 Å². The number of carboxylic acid groups (broad SMARTS) is 2. The highest BCUT2D eigenvalue weighted by atomic mass is 16.4. The van der Waals surface area contributed by atoms with Crippen molar-refractivity contribution in [3.8, 4) is 5.75 Å². The number of rotatable bonds is 29. The normalized spacial score (nSPS) is 18.0. The molecule has 27 heteroatoms. The number of carbonyl (C=O) groups excluding carboxylic acids is 9. The number of hydrogen-bond acceptors (Lipinski definition) is 14. The van der Waals surface area contributed by atoms with Crippen LogP contribution < -0.4 is 59.7 Å². The van der Waals surface area contributed by atoms with Crippen LogP contribution in [0.4, 0.5) is 0 Å². The van der Waals surface area contributed by atoms with Gasteiger partial charge in [0.2, 0.25) is 53.2 Å². The quantitative estimate of drug-likeness (QED) is 0.0205. The van der Waals surface area contributed by atoms with Gasteiger partial charge in [0, 0.05) is 25.9 Å². The maximum Gasteiger partial charge on any atom is 0.326 e. The predicted octanol–water partition coefficient (Wildman–Crippen LogP) is -4.35. The number of guanidine groups is 1. The summed E-state index contributed by atoms with van der Waals surface area (Å²) in [5, 5.41) is 49.2. The third-order valence-electron chi connectivity index (χ3n) is 12.1. The van der Waals surface area contributed by atoms with Crippen LogP contribution in [0.2, 0.25) is 0 Å². The maximum atomic E-state index is 14.2. The predicted molar refractivity (Wildman–Crippen MR) is 256 cm³/mol. The largest absolute Gasteiger partial charge is 0.508 e. The van der Waals surface area contributed by atoms with Crippen molar-refractivity contribution in [2.24, 2.45) is 28.1 Å². The number of hydrogen-bond donors (Lipinski definition) is 14. The first-order chi connectivity index (χ1) is 34.0. The number of phenols is 1. The molecule has 2 saturated heterocycles. The second-order valence-electron chi connectivity index (χ2n) is 17.7. The fourth-order valence-electron chi connectivity index (χ4n) is 7.85. The van der Waals surface area contributed by atoms with E-state index in [0.29, 0.717) is 31.4 Å². The van der Waals surface area contributed by atoms with Gasteiger partial charge in [-0.15, -0.1) is 0 Å². The van der Waals surface area contributed by atoms with Crippen LogP contribution in [0.5, 0.6) is 5.75 Å². The average molecular weight is 1020 g/mol. The lowest BCUT2D eigenvalue weighted by atomic mass is 9.97. The fraction of sp³-hybridized carbons (Fsp3) is 0.600. The zero-order valence-electron chi connectivity index (χ0n) is 40.6. The number of aliphatic carboxylic acids is 2. The molecule has 2 aliphatic rings. The number of aliphatic imine (C=N–C) groups is 1. The number of primary amides is 1. The minimum absolute atomic E-state index is 0.0394. The fourth-order valence-corrected chi connectivity index (χ4v) is 7.85. The number of amides is 9. The molecule has 17 N–H and O–H groups in total. The van der Waals surface area contributed by atoms with Gasteiger partial charge >= 0.3 is 11.9 Å². The molecule has 1 aromatic carbocycles. The Morgan fingerprint density at radius 2 is 1.42 bits per heavy atom. The molecule has 9 atom stereocenters. The number of nitrogens with two attached hydrogens (primary N) is 3. The van der Waals surface area contributed by atoms with Gasteiger partial charge in [0.15, 0.2) is 5.96 Å². The number of phenolic OH excluding ortho intramolecular Hbond substituents is 1. The van der Waals surface area contributed by atoms with Crippen LogP contribution in [0.3, 0.4) is 0 Å². The third kappa shape index (κ3) is 19.3. The Balaban J connectivity index is 1.68. The minimum atomic E-state index is -1.71. The molecule has 0 radical (unpaired) electrons. The van der Waals surface area contributed by atoms with E-state index in [9.17, 15) is 68.1 Å². The monoisotopic (exact) mass is 1020 g/mol. The Labute approximate surface area is 415 Å². The van der Waals surface area contributed by atoms with Gasteiger partial charge in [-0.3, -0.25) is 52.9 Å². The summed E-state index contributed by atoms with van der Waals surface area (Å²) in [6.45, 7) is 4.73. The van der Waals surface area contributed by atoms with Gasteiger partial charge in [-0.05, 0) is 82.0 Å². The van der Waals surface area contributed by atoms with Gasteiger partial charge in [0.1, 0.15) is 48.0 Å². The van der Waals surface area contributed by atoms with Crippen LogP contribution in [0, 0.1) is 5.92 Å². The SMILES string of the molecule is CC[C@H](C)[C@H](NC(=O)CNC(=O)[C@H](CC(=O)O)NC(=O)[C@H](Cc1ccc(O)cc1)NC(=O)[C@@H]1CCCN1)C(=O)N1CCC[C@H]1C(=O)N[C@@H](C)C(=O)N[C@@H](CCCN=C(N)N)C(=O)N[C@@H](CCC(N)=O)C(=O)O. The second kappa shape index (κ2) is 28.9. The van der Waals surface area contributed by atoms with E-state index < -0.39 is 132 Å². The van der Waals surface area contributed by atoms with E-state index in [1.54, 1.807) is 13.8 Å². The van der Waals surface area contributed by atoms with Crippen LogP contribution >= 0.6 is 0 Å². The van der Waals surface area contributed by atoms with Gasteiger partial charge in [-0.25, -0.2) is 4.79 Å². The number of nitrogens with one attached hydrogen (secondary N) is 8. The Morgan fingerprint density at radius 1 is 0.764 bits per heavy atom. The minimum Gasteiger partial charge on any atom is -0.508 e. The molecule has 0 aromatic heterocycles. The molecule has 27 nitrogen and oxygen atoms in total. The van der Waals surface area contributed by atoms with Crippen molar-refractivity contribution in [1.82, 2.24) is 47.4 Å². The smallest absolute Gasteiger partial charge is 0.326 e. The van der Waals surface area contributed by atoms with Crippen molar-refractivity contribution in [2.45, 2.75) is 140 Å². The van der Waals surface area contributed by atoms with Gasteiger partial charge in [0.25, 0.3) is 0 Å². The molecule has 0 spiro atoms. The van der Waals surface area contributed by atoms with Crippen LogP contribution in [0.15, 0.2) is 29.3 Å². The molecule has 2 aliphatic heterocycles. The standard InChI is InChI=1S/C45H69N13O14/c1-4-23(2)36(57-34(61)22-51-38(65)31(21-35(62)63)56-41(68)30(20-25-11-13-26(59)14-12-25)55-39(66)27-8-5-17-49-27)43(70)58-19-7-10-32(58)42(69)52-24(3)37(64)53-28(9-6-18-50-45(47)48)40(67)54-29(44(71)72)15-16-33(46)60/h11-14,23-24,27-32,36,49,59H,4-10,15-22H2,1-3H3,(H2,46,60)(H,51,65)(H,52,69)(H,53,64)(H,54,67)(H,55,66)(H,56,68)(H,57,61)(H,62,63)(H,71,72)(H4,47,48,50)/t23-,24-,27-,28-,29-,30-,31-,32-,36-/m0/s1. The van der Waals surface area contributed by atoms with E-state index in [4.69, 9.17) is 17.2 Å². The average Bonchev–Trinajstić information content (AvgIpc) is 4.06. The van der Waals surface area contributed by atoms with Crippen LogP contribution in [0.1, 0.15) is 90.5 Å². The first kappa shape index (κ1) is 58.7. The zero-order chi connectivity index (χ0) is 53.7. The number of carbonyl (C=O) groups is 11. The van der Waals surface area contributed by atoms with E-state index in [1.807, 2.05) is 0 Å². The van der Waals surface area contributed by atoms with E-state index in [1.165, 1.54) is 36.1 Å². The number of aromatic hydroxyl groups is 1. The second-order valence-corrected chi connectivity index (χ2v) is 17.7. The first-order valence-corrected chi connectivity index (χ1v) is 23.7. The highest BCUT2D eigenvalue weighted by Gasteiger charge is 2.40. The van der Waals surface area contributed by atoms with Gasteiger partial charge < -0.3 is 80.0 Å². The van der Waals surface area contributed by atoms with Crippen LogP contribution in [0.25, 0.3) is 0 Å². The topological polar surface area (TPSA) is 438 Å². The number of benzene rings is 1. The van der Waals surface area contributed by atoms with Crippen LogP contribution in [-0.2, 0) is 59.2 Å². The molecule has 2 heterocycles. The summed E-state index contributed by atoms with van der Waals surface area (Å²) in [5.41, 5.74) is 16.4. The van der Waals surface area contributed by atoms with E-state index >= 15 is 0 Å². The third-order valence-corrected chi connectivity index (χ3v) is 12.1. The molecule has 0 aliphatic carbocycles. The van der Waals surface area contributed by atoms with Gasteiger partial charge in [0.05, 0.1) is 19.0 Å².